The highest BCUT2D eigenvalue weighted by atomic mass is 19.4. The fourth-order valence-corrected chi connectivity index (χ4v) is 6.05. The third-order valence-electron chi connectivity index (χ3n) is 8.64. The van der Waals surface area contributed by atoms with Crippen LogP contribution in [0, 0.1) is 11.8 Å². The SMILES string of the molecule is COc1ccc(C(=O)C2CCN(C(=O)c3ccc(C(=O)N[C@@H]4CCN(Cc5ccc(OC(F)(F)F)cc5)C[C@@H]4C)cn3)CC2)cc1. The summed E-state index contributed by atoms with van der Waals surface area (Å²) in [6, 6.07) is 16.0. The van der Waals surface area contributed by atoms with E-state index < -0.39 is 6.36 Å². The molecule has 2 aromatic carbocycles. The zero-order valence-electron chi connectivity index (χ0n) is 25.8. The molecule has 2 aliphatic rings. The van der Waals surface area contributed by atoms with Crippen molar-refractivity contribution in [2.24, 2.45) is 11.8 Å². The Hall–Kier alpha value is -4.45. The van der Waals surface area contributed by atoms with E-state index >= 15 is 0 Å². The molecule has 2 amide bonds. The highest BCUT2D eigenvalue weighted by Crippen LogP contribution is 2.26. The van der Waals surface area contributed by atoms with Crippen LogP contribution in [0.1, 0.15) is 63.0 Å². The highest BCUT2D eigenvalue weighted by molar-refractivity contribution is 5.99. The van der Waals surface area contributed by atoms with Gasteiger partial charge in [0.1, 0.15) is 17.2 Å². The smallest absolute Gasteiger partial charge is 0.497 e. The molecule has 0 unspecified atom stereocenters. The number of pyridine rings is 1. The maximum absolute atomic E-state index is 13.1. The molecule has 1 N–H and O–H groups in total. The average Bonchev–Trinajstić information content (AvgIpc) is 3.05. The number of hydrogen-bond donors (Lipinski definition) is 1. The Labute approximate surface area is 265 Å². The third-order valence-corrected chi connectivity index (χ3v) is 8.64. The number of Topliss-reactive ketones (excluding diaryl/α,β-unsaturated/α-hetero) is 1. The first-order chi connectivity index (χ1) is 22.0. The second-order valence-electron chi connectivity index (χ2n) is 11.9. The zero-order chi connectivity index (χ0) is 32.8. The molecule has 1 aromatic heterocycles. The normalized spacial score (nSPS) is 19.4. The van der Waals surface area contributed by atoms with Gasteiger partial charge < -0.3 is 19.7 Å². The van der Waals surface area contributed by atoms with Crippen LogP contribution in [0.3, 0.4) is 0 Å². The van der Waals surface area contributed by atoms with Crippen molar-refractivity contribution in [2.45, 2.75) is 45.1 Å². The number of likely N-dealkylation sites (tertiary alicyclic amines) is 2. The molecule has 3 heterocycles. The number of rotatable bonds is 9. The van der Waals surface area contributed by atoms with Gasteiger partial charge >= 0.3 is 6.36 Å². The number of piperidine rings is 2. The molecule has 9 nitrogen and oxygen atoms in total. The van der Waals surface area contributed by atoms with Crippen LogP contribution in [0.15, 0.2) is 66.9 Å². The number of ether oxygens (including phenoxy) is 2. The van der Waals surface area contributed by atoms with Crippen molar-refractivity contribution in [1.29, 1.82) is 0 Å². The van der Waals surface area contributed by atoms with Crippen LogP contribution in [-0.2, 0) is 6.54 Å². The summed E-state index contributed by atoms with van der Waals surface area (Å²) in [7, 11) is 1.58. The van der Waals surface area contributed by atoms with E-state index in [1.54, 1.807) is 60.5 Å². The number of amides is 2. The standard InChI is InChI=1S/C34H37F3N4O5/c1-22-20-40(21-23-3-8-28(9-4-23)46-34(35,36)37)16-15-29(22)39-32(43)26-7-12-30(38-19-26)33(44)41-17-13-25(14-18-41)31(42)24-5-10-27(45-2)11-6-24/h3-12,19,22,25,29H,13-18,20-21H2,1-2H3,(H,39,43)/t22-,29+/m0/s1. The van der Waals surface area contributed by atoms with E-state index in [4.69, 9.17) is 4.74 Å². The molecular formula is C34H37F3N4O5. The number of alkyl halides is 3. The van der Waals surface area contributed by atoms with Crippen LogP contribution in [0.4, 0.5) is 13.2 Å². The van der Waals surface area contributed by atoms with Crippen LogP contribution in [0.25, 0.3) is 0 Å². The van der Waals surface area contributed by atoms with Gasteiger partial charge in [-0.1, -0.05) is 19.1 Å². The Morgan fingerprint density at radius 1 is 0.891 bits per heavy atom. The van der Waals surface area contributed by atoms with Gasteiger partial charge in [-0.05, 0) is 79.3 Å². The number of halogens is 3. The van der Waals surface area contributed by atoms with Crippen LogP contribution in [0.5, 0.6) is 11.5 Å². The minimum absolute atomic E-state index is 0.0606. The summed E-state index contributed by atoms with van der Waals surface area (Å²) < 4.78 is 46.3. The lowest BCUT2D eigenvalue weighted by molar-refractivity contribution is -0.274. The molecule has 0 saturated carbocycles. The van der Waals surface area contributed by atoms with Crippen molar-refractivity contribution in [3.63, 3.8) is 0 Å². The molecule has 0 radical (unpaired) electrons. The third kappa shape index (κ3) is 8.42. The largest absolute Gasteiger partial charge is 0.573 e. The first-order valence-corrected chi connectivity index (χ1v) is 15.3. The summed E-state index contributed by atoms with van der Waals surface area (Å²) in [5.41, 5.74) is 2.11. The summed E-state index contributed by atoms with van der Waals surface area (Å²) in [5, 5.41) is 3.08. The van der Waals surface area contributed by atoms with Crippen LogP contribution < -0.4 is 14.8 Å². The van der Waals surface area contributed by atoms with Gasteiger partial charge in [-0.15, -0.1) is 13.2 Å². The predicted octanol–water partition coefficient (Wildman–Crippen LogP) is 5.36. The second-order valence-corrected chi connectivity index (χ2v) is 11.9. The predicted molar refractivity (Wildman–Crippen MR) is 164 cm³/mol. The van der Waals surface area contributed by atoms with E-state index in [2.05, 4.69) is 19.9 Å². The van der Waals surface area contributed by atoms with E-state index in [0.29, 0.717) is 68.9 Å². The molecule has 0 bridgehead atoms. The molecule has 0 aliphatic carbocycles. The molecule has 2 atom stereocenters. The van der Waals surface area contributed by atoms with E-state index in [-0.39, 0.29) is 46.9 Å². The van der Waals surface area contributed by atoms with E-state index in [1.165, 1.54) is 18.3 Å². The highest BCUT2D eigenvalue weighted by Gasteiger charge is 2.32. The Kier molecular flexibility index (Phi) is 10.3. The fraction of sp³-hybridized carbons (Fsp3) is 0.412. The van der Waals surface area contributed by atoms with Gasteiger partial charge in [0.2, 0.25) is 0 Å². The van der Waals surface area contributed by atoms with E-state index in [9.17, 15) is 27.6 Å². The molecule has 46 heavy (non-hydrogen) atoms. The molecular weight excluding hydrogens is 601 g/mol. The topological polar surface area (TPSA) is 101 Å². The summed E-state index contributed by atoms with van der Waals surface area (Å²) in [5.74, 6) is -0.0126. The maximum Gasteiger partial charge on any atom is 0.573 e. The number of ketones is 1. The van der Waals surface area contributed by atoms with Crippen molar-refractivity contribution in [1.82, 2.24) is 20.1 Å². The van der Waals surface area contributed by atoms with E-state index in [1.807, 2.05) is 6.92 Å². The van der Waals surface area contributed by atoms with Gasteiger partial charge in [0, 0.05) is 56.4 Å². The molecule has 5 rings (SSSR count). The molecule has 0 spiro atoms. The van der Waals surface area contributed by atoms with Crippen molar-refractivity contribution in [3.8, 4) is 11.5 Å². The number of carbonyl (C=O) groups is 3. The lowest BCUT2D eigenvalue weighted by Crippen LogP contribution is -2.49. The number of methoxy groups -OCH3 is 1. The van der Waals surface area contributed by atoms with Gasteiger partial charge in [-0.2, -0.15) is 0 Å². The lowest BCUT2D eigenvalue weighted by atomic mass is 9.88. The van der Waals surface area contributed by atoms with Crippen LogP contribution >= 0.6 is 0 Å². The number of hydrogen-bond acceptors (Lipinski definition) is 7. The lowest BCUT2D eigenvalue weighted by Gasteiger charge is -2.37. The number of benzene rings is 2. The average molecular weight is 639 g/mol. The Morgan fingerprint density at radius 2 is 1.54 bits per heavy atom. The summed E-state index contributed by atoms with van der Waals surface area (Å²) >= 11 is 0. The summed E-state index contributed by atoms with van der Waals surface area (Å²) in [6.07, 6.45) is -1.47. The minimum atomic E-state index is -4.72. The quantitative estimate of drug-likeness (QED) is 0.315. The van der Waals surface area contributed by atoms with E-state index in [0.717, 1.165) is 5.56 Å². The molecule has 3 aromatic rings. The van der Waals surface area contributed by atoms with Crippen molar-refractivity contribution in [2.75, 3.05) is 33.3 Å². The summed E-state index contributed by atoms with van der Waals surface area (Å²) in [6.45, 7) is 4.94. The van der Waals surface area contributed by atoms with Crippen LogP contribution in [-0.4, -0.2) is 78.1 Å². The molecule has 244 valence electrons. The Morgan fingerprint density at radius 3 is 2.13 bits per heavy atom. The number of nitrogens with zero attached hydrogens (tertiary/aromatic N) is 3. The van der Waals surface area contributed by atoms with Crippen molar-refractivity contribution in [3.05, 3.63) is 89.2 Å². The number of carbonyl (C=O) groups excluding carboxylic acids is 3. The number of nitrogens with one attached hydrogen (secondary N) is 1. The maximum atomic E-state index is 13.1. The second kappa shape index (κ2) is 14.3. The van der Waals surface area contributed by atoms with Gasteiger partial charge in [0.15, 0.2) is 5.78 Å². The first kappa shape index (κ1) is 32.9. The molecule has 2 aliphatic heterocycles. The molecule has 12 heteroatoms. The van der Waals surface area contributed by atoms with Gasteiger partial charge in [0.25, 0.3) is 11.8 Å². The van der Waals surface area contributed by atoms with Crippen molar-refractivity contribution >= 4 is 17.6 Å². The Balaban J connectivity index is 1.07. The summed E-state index contributed by atoms with van der Waals surface area (Å²) in [4.78, 5) is 47.2. The monoisotopic (exact) mass is 638 g/mol. The molecule has 2 fully saturated rings. The van der Waals surface area contributed by atoms with Gasteiger partial charge in [-0.25, -0.2) is 0 Å². The van der Waals surface area contributed by atoms with Crippen molar-refractivity contribution < 1.29 is 37.0 Å². The first-order valence-electron chi connectivity index (χ1n) is 15.3. The minimum Gasteiger partial charge on any atom is -0.497 e. The zero-order valence-corrected chi connectivity index (χ0v) is 25.8. The van der Waals surface area contributed by atoms with Crippen LogP contribution in [0.2, 0.25) is 0 Å². The van der Waals surface area contributed by atoms with Gasteiger partial charge in [-0.3, -0.25) is 24.3 Å². The fourth-order valence-electron chi connectivity index (χ4n) is 6.05. The Bertz CT molecular complexity index is 1510. The molecule has 2 saturated heterocycles. The van der Waals surface area contributed by atoms with Gasteiger partial charge in [0.05, 0.1) is 12.7 Å². The number of aromatic nitrogens is 1.